The Morgan fingerprint density at radius 3 is 1.70 bits per heavy atom. The van der Waals surface area contributed by atoms with E-state index in [0.717, 1.165) is 61.9 Å². The molecule has 0 saturated heterocycles. The highest BCUT2D eigenvalue weighted by Crippen LogP contribution is 2.55. The average molecular weight is 730 g/mol. The largest absolute Gasteiger partial charge is 0.456 e. The molecule has 9 aromatic rings. The molecule has 1 heterocycles. The second-order valence-electron chi connectivity index (χ2n) is 15.7. The number of ether oxygens (including phenoxy) is 1. The molecule has 0 N–H and O–H groups in total. The molecule has 1 aliphatic carbocycles. The second kappa shape index (κ2) is 13.0. The fraction of sp³-hybridized carbons (Fsp3) is 0.0545. The van der Waals surface area contributed by atoms with Gasteiger partial charge in [-0.05, 0) is 127 Å². The third kappa shape index (κ3) is 5.40. The molecule has 57 heavy (non-hydrogen) atoms. The summed E-state index contributed by atoms with van der Waals surface area (Å²) < 4.78 is 7.14. The second-order valence-corrected chi connectivity index (χ2v) is 15.7. The van der Waals surface area contributed by atoms with E-state index in [-0.39, 0.29) is 5.41 Å². The highest BCUT2D eigenvalue weighted by atomic mass is 16.5. The summed E-state index contributed by atoms with van der Waals surface area (Å²) in [5.41, 5.74) is 17.5. The lowest BCUT2D eigenvalue weighted by molar-refractivity contribution is 0.488. The van der Waals surface area contributed by atoms with E-state index in [1.807, 2.05) is 0 Å². The SMILES string of the molecule is CC1(C)c2ccccc2-c2ccc(N(c3ccc(-c4ccccc4)cc3)c3cccc4c3-c3cc5ccccc5cc3-c3ccc(-c5ccccc5)cc3O4)cc21. The van der Waals surface area contributed by atoms with Gasteiger partial charge in [-0.1, -0.05) is 153 Å². The number of hydrogen-bond acceptors (Lipinski definition) is 2. The Morgan fingerprint density at radius 2 is 0.947 bits per heavy atom. The van der Waals surface area contributed by atoms with Gasteiger partial charge in [0.05, 0.1) is 5.69 Å². The molecule has 0 atom stereocenters. The monoisotopic (exact) mass is 729 g/mol. The first-order valence-electron chi connectivity index (χ1n) is 19.8. The van der Waals surface area contributed by atoms with Gasteiger partial charge in [0.15, 0.2) is 0 Å². The molecule has 0 fully saturated rings. The van der Waals surface area contributed by atoms with Gasteiger partial charge in [-0.3, -0.25) is 0 Å². The maximum absolute atomic E-state index is 7.14. The standard InChI is InChI=1S/C55H39NO/c1-55(2)49-21-12-11-20-44(49)45-31-29-43(35-50(45)55)56(42-27-24-38(25-28-42)36-14-5-3-6-15-36)51-22-13-23-52-54(51)48-33-40-19-10-9-18-39(40)32-47(48)46-30-26-41(34-53(46)57-52)37-16-7-4-8-17-37/h3-35H,1-2H3. The minimum Gasteiger partial charge on any atom is -0.456 e. The van der Waals surface area contributed by atoms with Crippen molar-refractivity contribution in [2.24, 2.45) is 0 Å². The Kier molecular flexibility index (Phi) is 7.55. The van der Waals surface area contributed by atoms with E-state index in [4.69, 9.17) is 4.74 Å². The first-order valence-corrected chi connectivity index (χ1v) is 19.8. The van der Waals surface area contributed by atoms with Crippen LogP contribution in [0.4, 0.5) is 17.1 Å². The van der Waals surface area contributed by atoms with Crippen molar-refractivity contribution in [3.8, 4) is 67.1 Å². The van der Waals surface area contributed by atoms with Crippen LogP contribution in [-0.2, 0) is 5.41 Å². The van der Waals surface area contributed by atoms with E-state index >= 15 is 0 Å². The minimum atomic E-state index is -0.148. The van der Waals surface area contributed by atoms with Crippen LogP contribution in [0.3, 0.4) is 0 Å². The topological polar surface area (TPSA) is 12.5 Å². The number of nitrogens with zero attached hydrogens (tertiary/aromatic N) is 1. The van der Waals surface area contributed by atoms with Crippen LogP contribution in [0.25, 0.3) is 66.4 Å². The molecule has 1 aliphatic heterocycles. The van der Waals surface area contributed by atoms with Crippen molar-refractivity contribution in [3.05, 3.63) is 211 Å². The molecule has 11 rings (SSSR count). The molecular formula is C55H39NO. The van der Waals surface area contributed by atoms with Crippen LogP contribution in [0.2, 0.25) is 0 Å². The van der Waals surface area contributed by atoms with Crippen LogP contribution >= 0.6 is 0 Å². The molecule has 9 aromatic carbocycles. The Labute approximate surface area is 333 Å². The first kappa shape index (κ1) is 33.2. The predicted molar refractivity (Wildman–Crippen MR) is 238 cm³/mol. The Morgan fingerprint density at radius 1 is 0.368 bits per heavy atom. The maximum Gasteiger partial charge on any atom is 0.137 e. The van der Waals surface area contributed by atoms with Crippen LogP contribution in [0.1, 0.15) is 25.0 Å². The molecule has 2 aliphatic rings. The van der Waals surface area contributed by atoms with Crippen LogP contribution in [0.15, 0.2) is 200 Å². The smallest absolute Gasteiger partial charge is 0.137 e. The quantitative estimate of drug-likeness (QED) is 0.175. The fourth-order valence-electron chi connectivity index (χ4n) is 9.18. The fourth-order valence-corrected chi connectivity index (χ4v) is 9.18. The molecule has 0 saturated carbocycles. The van der Waals surface area contributed by atoms with Gasteiger partial charge in [0.1, 0.15) is 11.5 Å². The van der Waals surface area contributed by atoms with Gasteiger partial charge in [-0.25, -0.2) is 0 Å². The van der Waals surface area contributed by atoms with Crippen molar-refractivity contribution >= 4 is 27.8 Å². The van der Waals surface area contributed by atoms with Gasteiger partial charge in [0, 0.05) is 27.9 Å². The van der Waals surface area contributed by atoms with Crippen molar-refractivity contribution in [1.29, 1.82) is 0 Å². The van der Waals surface area contributed by atoms with Crippen LogP contribution in [-0.4, -0.2) is 0 Å². The predicted octanol–water partition coefficient (Wildman–Crippen LogP) is 15.4. The highest BCUT2D eigenvalue weighted by Gasteiger charge is 2.36. The number of fused-ring (bicyclic) bond motifs is 9. The Bertz CT molecular complexity index is 3000. The van der Waals surface area contributed by atoms with Crippen molar-refractivity contribution in [3.63, 3.8) is 0 Å². The summed E-state index contributed by atoms with van der Waals surface area (Å²) in [4.78, 5) is 2.43. The lowest BCUT2D eigenvalue weighted by Crippen LogP contribution is -2.17. The van der Waals surface area contributed by atoms with E-state index in [9.17, 15) is 0 Å². The summed E-state index contributed by atoms with van der Waals surface area (Å²) in [6, 6.07) is 72.6. The third-order valence-corrected chi connectivity index (χ3v) is 12.1. The molecule has 0 unspecified atom stereocenters. The number of hydrogen-bond donors (Lipinski definition) is 0. The van der Waals surface area contributed by atoms with Crippen LogP contribution < -0.4 is 9.64 Å². The molecule has 0 amide bonds. The molecule has 2 nitrogen and oxygen atoms in total. The summed E-state index contributed by atoms with van der Waals surface area (Å²) in [7, 11) is 0. The zero-order valence-corrected chi connectivity index (χ0v) is 31.9. The van der Waals surface area contributed by atoms with E-state index in [2.05, 4.69) is 219 Å². The van der Waals surface area contributed by atoms with E-state index < -0.39 is 0 Å². The molecular weight excluding hydrogens is 691 g/mol. The Balaban J connectivity index is 1.16. The summed E-state index contributed by atoms with van der Waals surface area (Å²) in [5.74, 6) is 1.67. The normalized spacial score (nSPS) is 13.0. The number of benzene rings is 9. The van der Waals surface area contributed by atoms with Gasteiger partial charge in [0.2, 0.25) is 0 Å². The molecule has 2 heteroatoms. The summed E-state index contributed by atoms with van der Waals surface area (Å²) in [5, 5.41) is 2.39. The molecule has 0 spiro atoms. The van der Waals surface area contributed by atoms with E-state index in [1.54, 1.807) is 0 Å². The minimum absolute atomic E-state index is 0.148. The van der Waals surface area contributed by atoms with Gasteiger partial charge >= 0.3 is 0 Å². The lowest BCUT2D eigenvalue weighted by Gasteiger charge is -2.30. The number of rotatable bonds is 5. The lowest BCUT2D eigenvalue weighted by atomic mass is 9.82. The van der Waals surface area contributed by atoms with Gasteiger partial charge < -0.3 is 9.64 Å². The highest BCUT2D eigenvalue weighted by molar-refractivity contribution is 6.04. The summed E-state index contributed by atoms with van der Waals surface area (Å²) in [6.07, 6.45) is 0. The van der Waals surface area contributed by atoms with Gasteiger partial charge in [-0.15, -0.1) is 0 Å². The van der Waals surface area contributed by atoms with Crippen molar-refractivity contribution in [2.45, 2.75) is 19.3 Å². The molecule has 270 valence electrons. The third-order valence-electron chi connectivity index (χ3n) is 12.1. The van der Waals surface area contributed by atoms with Crippen molar-refractivity contribution in [2.75, 3.05) is 4.90 Å². The first-order chi connectivity index (χ1) is 28.0. The van der Waals surface area contributed by atoms with Crippen LogP contribution in [0.5, 0.6) is 11.5 Å². The number of anilines is 3. The summed E-state index contributed by atoms with van der Waals surface area (Å²) in [6.45, 7) is 4.70. The van der Waals surface area contributed by atoms with Gasteiger partial charge in [-0.2, -0.15) is 0 Å². The molecule has 0 aromatic heterocycles. The van der Waals surface area contributed by atoms with E-state index in [1.165, 1.54) is 44.2 Å². The van der Waals surface area contributed by atoms with Gasteiger partial charge in [0.25, 0.3) is 0 Å². The molecule has 0 bridgehead atoms. The van der Waals surface area contributed by atoms with E-state index in [0.29, 0.717) is 0 Å². The van der Waals surface area contributed by atoms with Crippen LogP contribution in [0, 0.1) is 0 Å². The zero-order chi connectivity index (χ0) is 38.1. The van der Waals surface area contributed by atoms with Crippen molar-refractivity contribution < 1.29 is 4.74 Å². The molecule has 0 radical (unpaired) electrons. The Hall–Kier alpha value is -7.16. The van der Waals surface area contributed by atoms with Crippen molar-refractivity contribution in [1.82, 2.24) is 0 Å². The summed E-state index contributed by atoms with van der Waals surface area (Å²) >= 11 is 0. The maximum atomic E-state index is 7.14. The average Bonchev–Trinajstić information content (AvgIpc) is 3.40. The zero-order valence-electron chi connectivity index (χ0n) is 31.9.